The van der Waals surface area contributed by atoms with E-state index in [-0.39, 0.29) is 5.78 Å². The van der Waals surface area contributed by atoms with Gasteiger partial charge in [0.05, 0.1) is 12.1 Å². The van der Waals surface area contributed by atoms with Gasteiger partial charge in [0.25, 0.3) is 0 Å². The first-order valence-corrected chi connectivity index (χ1v) is 7.38. The van der Waals surface area contributed by atoms with Gasteiger partial charge < -0.3 is 4.74 Å². The molecule has 104 valence electrons. The highest BCUT2D eigenvalue weighted by Gasteiger charge is 2.10. The van der Waals surface area contributed by atoms with E-state index in [1.807, 2.05) is 30.3 Å². The van der Waals surface area contributed by atoms with Crippen molar-refractivity contribution in [3.05, 3.63) is 63.1 Å². The number of carbonyl (C=O) groups excluding carboxylic acids is 1. The van der Waals surface area contributed by atoms with Gasteiger partial charge in [0.1, 0.15) is 5.75 Å². The van der Waals surface area contributed by atoms with Crippen LogP contribution in [0.5, 0.6) is 5.75 Å². The van der Waals surface area contributed by atoms with Crippen LogP contribution in [0.1, 0.15) is 22.3 Å². The van der Waals surface area contributed by atoms with Gasteiger partial charge in [-0.25, -0.2) is 0 Å². The molecule has 0 bridgehead atoms. The molecule has 0 N–H and O–H groups in total. The van der Waals surface area contributed by atoms with Crippen molar-refractivity contribution in [2.75, 3.05) is 7.11 Å². The number of Topliss-reactive ketones (excluding diaryl/α,β-unsaturated/α-hetero) is 1. The van der Waals surface area contributed by atoms with Crippen LogP contribution >= 0.6 is 27.5 Å². The second-order valence-electron chi connectivity index (χ2n) is 4.40. The van der Waals surface area contributed by atoms with Crippen LogP contribution in [0.15, 0.2) is 46.9 Å². The predicted molar refractivity (Wildman–Crippen MR) is 84.8 cm³/mol. The minimum atomic E-state index is 0.0540. The molecule has 0 amide bonds. The Morgan fingerprint density at radius 1 is 1.20 bits per heavy atom. The van der Waals surface area contributed by atoms with E-state index < -0.39 is 0 Å². The molecule has 2 aromatic carbocycles. The van der Waals surface area contributed by atoms with Crippen molar-refractivity contribution in [3.8, 4) is 5.75 Å². The van der Waals surface area contributed by atoms with Crippen LogP contribution in [-0.4, -0.2) is 12.9 Å². The summed E-state index contributed by atoms with van der Waals surface area (Å²) in [4.78, 5) is 12.1. The molecule has 0 aliphatic heterocycles. The van der Waals surface area contributed by atoms with Crippen molar-refractivity contribution in [2.24, 2.45) is 0 Å². The number of halogens is 2. The highest BCUT2D eigenvalue weighted by atomic mass is 79.9. The minimum absolute atomic E-state index is 0.0540. The third-order valence-electron chi connectivity index (χ3n) is 3.03. The Morgan fingerprint density at radius 3 is 2.50 bits per heavy atom. The Bertz CT molecular complexity index is 608. The first kappa shape index (κ1) is 15.1. The Kier molecular flexibility index (Phi) is 5.21. The summed E-state index contributed by atoms with van der Waals surface area (Å²) in [6.45, 7) is 0. The second-order valence-corrected chi connectivity index (χ2v) is 5.72. The quantitative estimate of drug-likeness (QED) is 0.713. The largest absolute Gasteiger partial charge is 0.497 e. The van der Waals surface area contributed by atoms with Gasteiger partial charge in [-0.3, -0.25) is 4.79 Å². The summed E-state index contributed by atoms with van der Waals surface area (Å²) in [6.07, 6.45) is 1.13. The third kappa shape index (κ3) is 3.84. The van der Waals surface area contributed by atoms with Gasteiger partial charge in [-0.05, 0) is 42.3 Å². The molecule has 0 aliphatic rings. The second kappa shape index (κ2) is 6.91. The molecule has 0 atom stereocenters. The van der Waals surface area contributed by atoms with E-state index in [4.69, 9.17) is 16.3 Å². The van der Waals surface area contributed by atoms with E-state index in [1.54, 1.807) is 19.2 Å². The Hall–Kier alpha value is -1.32. The molecule has 0 aliphatic carbocycles. The average molecular weight is 354 g/mol. The molecule has 2 rings (SSSR count). The smallest absolute Gasteiger partial charge is 0.164 e. The van der Waals surface area contributed by atoms with Crippen molar-refractivity contribution in [1.29, 1.82) is 0 Å². The molecule has 0 aromatic heterocycles. The monoisotopic (exact) mass is 352 g/mol. The summed E-state index contributed by atoms with van der Waals surface area (Å²) in [5, 5.41) is 0.485. The van der Waals surface area contributed by atoms with Gasteiger partial charge in [-0.2, -0.15) is 0 Å². The van der Waals surface area contributed by atoms with Crippen molar-refractivity contribution >= 4 is 33.3 Å². The molecule has 0 unspecified atom stereocenters. The number of ketones is 1. The lowest BCUT2D eigenvalue weighted by Gasteiger charge is -2.05. The molecule has 0 heterocycles. The molecule has 0 saturated carbocycles. The number of hydrogen-bond donors (Lipinski definition) is 0. The number of carbonyl (C=O) groups is 1. The Balaban J connectivity index is 2.00. The molecule has 2 aromatic rings. The lowest BCUT2D eigenvalue weighted by molar-refractivity contribution is 0.0983. The van der Waals surface area contributed by atoms with Crippen LogP contribution in [-0.2, 0) is 6.42 Å². The summed E-state index contributed by atoms with van der Waals surface area (Å²) >= 11 is 9.41. The van der Waals surface area contributed by atoms with Crippen molar-refractivity contribution in [2.45, 2.75) is 12.8 Å². The molecule has 0 saturated heterocycles. The Labute approximate surface area is 131 Å². The zero-order chi connectivity index (χ0) is 14.5. The zero-order valence-corrected chi connectivity index (χ0v) is 13.4. The lowest BCUT2D eigenvalue weighted by atomic mass is 10.0. The molecule has 0 spiro atoms. The summed E-state index contributed by atoms with van der Waals surface area (Å²) in [6, 6.07) is 13.0. The first-order valence-electron chi connectivity index (χ1n) is 6.21. The van der Waals surface area contributed by atoms with Crippen LogP contribution in [0.4, 0.5) is 0 Å². The molecular formula is C16H14BrClO2. The highest BCUT2D eigenvalue weighted by Crippen LogP contribution is 2.23. The van der Waals surface area contributed by atoms with Crippen molar-refractivity contribution in [1.82, 2.24) is 0 Å². The van der Waals surface area contributed by atoms with E-state index in [0.717, 1.165) is 15.8 Å². The van der Waals surface area contributed by atoms with E-state index >= 15 is 0 Å². The molecule has 20 heavy (non-hydrogen) atoms. The predicted octanol–water partition coefficient (Wildman–Crippen LogP) is 4.93. The van der Waals surface area contributed by atoms with Crippen molar-refractivity contribution in [3.63, 3.8) is 0 Å². The summed E-state index contributed by atoms with van der Waals surface area (Å²) in [5.41, 5.74) is 1.68. The SMILES string of the molecule is COc1ccc(CCC(=O)c2ccc(Br)cc2Cl)cc1. The van der Waals surface area contributed by atoms with Crippen LogP contribution < -0.4 is 4.74 Å². The third-order valence-corrected chi connectivity index (χ3v) is 3.84. The summed E-state index contributed by atoms with van der Waals surface area (Å²) in [7, 11) is 1.63. The average Bonchev–Trinajstić information content (AvgIpc) is 2.45. The molecular weight excluding hydrogens is 340 g/mol. The molecule has 4 heteroatoms. The van der Waals surface area contributed by atoms with E-state index in [0.29, 0.717) is 23.4 Å². The van der Waals surface area contributed by atoms with Gasteiger partial charge in [0, 0.05) is 16.5 Å². The number of hydrogen-bond acceptors (Lipinski definition) is 2. The van der Waals surface area contributed by atoms with Gasteiger partial charge in [-0.1, -0.05) is 39.7 Å². The fourth-order valence-electron chi connectivity index (χ4n) is 1.90. The maximum Gasteiger partial charge on any atom is 0.164 e. The minimum Gasteiger partial charge on any atom is -0.497 e. The van der Waals surface area contributed by atoms with Gasteiger partial charge >= 0.3 is 0 Å². The van der Waals surface area contributed by atoms with Crippen LogP contribution in [0, 0.1) is 0 Å². The maximum atomic E-state index is 12.1. The topological polar surface area (TPSA) is 26.3 Å². The highest BCUT2D eigenvalue weighted by molar-refractivity contribution is 9.10. The molecule has 0 fully saturated rings. The fraction of sp³-hybridized carbons (Fsp3) is 0.188. The lowest BCUT2D eigenvalue weighted by Crippen LogP contribution is -2.02. The zero-order valence-electron chi connectivity index (χ0n) is 11.0. The summed E-state index contributed by atoms with van der Waals surface area (Å²) < 4.78 is 5.97. The summed E-state index contributed by atoms with van der Waals surface area (Å²) in [5.74, 6) is 0.870. The number of methoxy groups -OCH3 is 1. The molecule has 0 radical (unpaired) electrons. The van der Waals surface area contributed by atoms with Crippen LogP contribution in [0.2, 0.25) is 5.02 Å². The first-order chi connectivity index (χ1) is 9.60. The fourth-order valence-corrected chi connectivity index (χ4v) is 2.68. The van der Waals surface area contributed by atoms with Gasteiger partial charge in [-0.15, -0.1) is 0 Å². The van der Waals surface area contributed by atoms with Crippen LogP contribution in [0.3, 0.4) is 0 Å². The molecule has 2 nitrogen and oxygen atoms in total. The number of rotatable bonds is 5. The van der Waals surface area contributed by atoms with Crippen LogP contribution in [0.25, 0.3) is 0 Å². The Morgan fingerprint density at radius 2 is 1.90 bits per heavy atom. The number of benzene rings is 2. The van der Waals surface area contributed by atoms with E-state index in [1.165, 1.54) is 0 Å². The van der Waals surface area contributed by atoms with Gasteiger partial charge in [0.2, 0.25) is 0 Å². The van der Waals surface area contributed by atoms with E-state index in [2.05, 4.69) is 15.9 Å². The maximum absolute atomic E-state index is 12.1. The number of aryl methyl sites for hydroxylation is 1. The van der Waals surface area contributed by atoms with E-state index in [9.17, 15) is 4.79 Å². The normalized spacial score (nSPS) is 10.3. The number of ether oxygens (including phenoxy) is 1. The van der Waals surface area contributed by atoms with Gasteiger partial charge in [0.15, 0.2) is 5.78 Å². The standard InChI is InChI=1S/C16H14BrClO2/c1-20-13-6-2-11(3-7-13)4-9-16(19)14-8-5-12(17)10-15(14)18/h2-3,5-8,10H,4,9H2,1H3. The van der Waals surface area contributed by atoms with Crippen molar-refractivity contribution < 1.29 is 9.53 Å².